The predicted octanol–water partition coefficient (Wildman–Crippen LogP) is 3.06. The van der Waals surface area contributed by atoms with Crippen molar-refractivity contribution >= 4 is 32.8 Å². The van der Waals surface area contributed by atoms with Gasteiger partial charge in [0.05, 0.1) is 27.1 Å². The van der Waals surface area contributed by atoms with E-state index in [1.165, 1.54) is 0 Å². The number of rotatable bonds is 4. The maximum atomic E-state index is 13.9. The molecule has 1 aliphatic heterocycles. The summed E-state index contributed by atoms with van der Waals surface area (Å²) in [5.74, 6) is -0.809. The van der Waals surface area contributed by atoms with Crippen molar-refractivity contribution in [3.63, 3.8) is 0 Å². The lowest BCUT2D eigenvalue weighted by Gasteiger charge is -2.31. The molecule has 2 aliphatic rings. The van der Waals surface area contributed by atoms with Crippen LogP contribution >= 0.6 is 11.3 Å². The number of carbonyl (C=O) groups is 1. The van der Waals surface area contributed by atoms with Crippen LogP contribution in [0.3, 0.4) is 0 Å². The van der Waals surface area contributed by atoms with Crippen LogP contribution in [0.25, 0.3) is 10.4 Å². The van der Waals surface area contributed by atoms with Crippen LogP contribution in [0, 0.1) is 12.8 Å². The minimum atomic E-state index is -2.92. The number of nitrogens with two attached hydrogens (primary N) is 1. The van der Waals surface area contributed by atoms with Gasteiger partial charge in [-0.05, 0) is 43.9 Å². The number of aryl methyl sites for hydroxylation is 1. The number of amides is 1. The molecule has 1 aromatic heterocycles. The van der Waals surface area contributed by atoms with Crippen LogP contribution in [0.5, 0.6) is 0 Å². The highest BCUT2D eigenvalue weighted by molar-refractivity contribution is 7.91. The van der Waals surface area contributed by atoms with Crippen molar-refractivity contribution in [2.24, 2.45) is 11.7 Å². The van der Waals surface area contributed by atoms with Gasteiger partial charge in [0, 0.05) is 30.6 Å². The standard InChI is InChI=1S/C21H26FN3O3S2/c1-13-24-19(17-7-4-15(22)12-18(17)21(23)26)20(29-13)14-2-5-16(6-3-14)25-8-10-30(27,28)11-9-25/h2-3,5-6,15,17-18H,4,7-12H2,1H3,(H2,23,26)/t15-,17+,18+/m0/s1. The second-order valence-electron chi connectivity index (χ2n) is 8.16. The van der Waals surface area contributed by atoms with Gasteiger partial charge in [-0.1, -0.05) is 12.1 Å². The Bertz CT molecular complexity index is 1020. The molecule has 0 spiro atoms. The Hall–Kier alpha value is -2.00. The quantitative estimate of drug-likeness (QED) is 0.771. The van der Waals surface area contributed by atoms with E-state index in [0.29, 0.717) is 25.9 Å². The minimum absolute atomic E-state index is 0.160. The van der Waals surface area contributed by atoms with E-state index >= 15 is 0 Å². The van der Waals surface area contributed by atoms with E-state index in [0.717, 1.165) is 26.8 Å². The highest BCUT2D eigenvalue weighted by Crippen LogP contribution is 2.44. The van der Waals surface area contributed by atoms with Crippen molar-refractivity contribution in [1.29, 1.82) is 0 Å². The number of halogens is 1. The van der Waals surface area contributed by atoms with Crippen molar-refractivity contribution < 1.29 is 17.6 Å². The summed E-state index contributed by atoms with van der Waals surface area (Å²) in [6.07, 6.45) is 0.147. The Morgan fingerprint density at radius 1 is 1.20 bits per heavy atom. The van der Waals surface area contributed by atoms with Gasteiger partial charge in [-0.3, -0.25) is 4.79 Å². The van der Waals surface area contributed by atoms with Crippen LogP contribution in [0.2, 0.25) is 0 Å². The zero-order valence-electron chi connectivity index (χ0n) is 16.9. The van der Waals surface area contributed by atoms with Crippen LogP contribution in [-0.4, -0.2) is 50.1 Å². The second kappa shape index (κ2) is 8.26. The maximum absolute atomic E-state index is 13.9. The monoisotopic (exact) mass is 451 g/mol. The molecule has 2 N–H and O–H groups in total. The number of aromatic nitrogens is 1. The number of alkyl halides is 1. The molecule has 162 valence electrons. The summed E-state index contributed by atoms with van der Waals surface area (Å²) in [6.45, 7) is 2.93. The number of anilines is 1. The highest BCUT2D eigenvalue weighted by Gasteiger charge is 2.38. The number of nitrogens with zero attached hydrogens (tertiary/aromatic N) is 2. The third-order valence-electron chi connectivity index (χ3n) is 6.10. The number of primary amides is 1. The van der Waals surface area contributed by atoms with Crippen molar-refractivity contribution in [3.05, 3.63) is 35.0 Å². The average molecular weight is 452 g/mol. The molecule has 1 aliphatic carbocycles. The van der Waals surface area contributed by atoms with Gasteiger partial charge in [0.15, 0.2) is 9.84 Å². The van der Waals surface area contributed by atoms with E-state index in [-0.39, 0.29) is 23.8 Å². The number of hydrogen-bond acceptors (Lipinski definition) is 6. The lowest BCUT2D eigenvalue weighted by molar-refractivity contribution is -0.124. The fourth-order valence-electron chi connectivity index (χ4n) is 4.46. The number of thiazole rings is 1. The van der Waals surface area contributed by atoms with Gasteiger partial charge in [0.25, 0.3) is 0 Å². The fraction of sp³-hybridized carbons (Fsp3) is 0.524. The first-order valence-electron chi connectivity index (χ1n) is 10.2. The topological polar surface area (TPSA) is 93.4 Å². The van der Waals surface area contributed by atoms with Gasteiger partial charge in [0.1, 0.15) is 6.17 Å². The molecule has 1 saturated heterocycles. The molecular formula is C21H26FN3O3S2. The third-order valence-corrected chi connectivity index (χ3v) is 8.75. The highest BCUT2D eigenvalue weighted by atomic mass is 32.2. The lowest BCUT2D eigenvalue weighted by atomic mass is 9.75. The smallest absolute Gasteiger partial charge is 0.221 e. The van der Waals surface area contributed by atoms with E-state index in [1.807, 2.05) is 31.2 Å². The Kier molecular flexibility index (Phi) is 5.85. The molecule has 1 saturated carbocycles. The summed E-state index contributed by atoms with van der Waals surface area (Å²) < 4.78 is 37.2. The van der Waals surface area contributed by atoms with Gasteiger partial charge in [-0.15, -0.1) is 11.3 Å². The SMILES string of the molecule is Cc1nc([C@@H]2CC[C@H](F)C[C@H]2C(N)=O)c(-c2ccc(N3CCS(=O)(=O)CC3)cc2)s1. The van der Waals surface area contributed by atoms with Crippen LogP contribution in [0.15, 0.2) is 24.3 Å². The second-order valence-corrected chi connectivity index (χ2v) is 11.7. The van der Waals surface area contributed by atoms with Gasteiger partial charge < -0.3 is 10.6 Å². The number of hydrogen-bond donors (Lipinski definition) is 1. The van der Waals surface area contributed by atoms with Gasteiger partial charge in [-0.25, -0.2) is 17.8 Å². The van der Waals surface area contributed by atoms with Crippen molar-refractivity contribution in [1.82, 2.24) is 4.98 Å². The fourth-order valence-corrected chi connectivity index (χ4v) is 6.65. The molecule has 0 bridgehead atoms. The van der Waals surface area contributed by atoms with E-state index < -0.39 is 27.8 Å². The number of sulfone groups is 1. The summed E-state index contributed by atoms with van der Waals surface area (Å²) in [5.41, 5.74) is 8.42. The van der Waals surface area contributed by atoms with E-state index in [9.17, 15) is 17.6 Å². The normalized spacial score (nSPS) is 26.5. The minimum Gasteiger partial charge on any atom is -0.369 e. The van der Waals surface area contributed by atoms with E-state index in [1.54, 1.807) is 11.3 Å². The molecule has 2 aromatic rings. The maximum Gasteiger partial charge on any atom is 0.221 e. The molecule has 2 fully saturated rings. The third kappa shape index (κ3) is 4.37. The molecule has 1 aromatic carbocycles. The van der Waals surface area contributed by atoms with Crippen LogP contribution in [-0.2, 0) is 14.6 Å². The van der Waals surface area contributed by atoms with Gasteiger partial charge in [0.2, 0.25) is 5.91 Å². The first kappa shape index (κ1) is 21.2. The molecule has 1 amide bonds. The Labute approximate surface area is 180 Å². The largest absolute Gasteiger partial charge is 0.369 e. The van der Waals surface area contributed by atoms with Crippen molar-refractivity contribution in [2.45, 2.75) is 38.3 Å². The zero-order chi connectivity index (χ0) is 21.5. The van der Waals surface area contributed by atoms with Crippen LogP contribution in [0.1, 0.15) is 35.9 Å². The molecule has 9 heteroatoms. The van der Waals surface area contributed by atoms with Crippen LogP contribution in [0.4, 0.5) is 10.1 Å². The number of carbonyl (C=O) groups excluding carboxylic acids is 1. The molecule has 30 heavy (non-hydrogen) atoms. The molecular weight excluding hydrogens is 425 g/mol. The average Bonchev–Trinajstić information content (AvgIpc) is 3.09. The predicted molar refractivity (Wildman–Crippen MR) is 117 cm³/mol. The molecule has 3 atom stereocenters. The van der Waals surface area contributed by atoms with Crippen molar-refractivity contribution in [2.75, 3.05) is 29.5 Å². The molecule has 0 unspecified atom stereocenters. The summed E-state index contributed by atoms with van der Waals surface area (Å²) in [7, 11) is -2.92. The summed E-state index contributed by atoms with van der Waals surface area (Å²) in [5, 5.41) is 0.899. The molecule has 2 heterocycles. The Balaban J connectivity index is 1.60. The van der Waals surface area contributed by atoms with Gasteiger partial charge >= 0.3 is 0 Å². The first-order valence-corrected chi connectivity index (χ1v) is 12.8. The number of benzene rings is 1. The molecule has 4 rings (SSSR count). The van der Waals surface area contributed by atoms with Crippen molar-refractivity contribution in [3.8, 4) is 10.4 Å². The molecule has 6 nitrogen and oxygen atoms in total. The Morgan fingerprint density at radius 2 is 1.87 bits per heavy atom. The summed E-state index contributed by atoms with van der Waals surface area (Å²) >= 11 is 1.57. The van der Waals surface area contributed by atoms with Gasteiger partial charge in [-0.2, -0.15) is 0 Å². The van der Waals surface area contributed by atoms with Crippen LogP contribution < -0.4 is 10.6 Å². The van der Waals surface area contributed by atoms with E-state index in [2.05, 4.69) is 4.90 Å². The first-order chi connectivity index (χ1) is 14.2. The Morgan fingerprint density at radius 3 is 2.50 bits per heavy atom. The molecule has 0 radical (unpaired) electrons. The summed E-state index contributed by atoms with van der Waals surface area (Å²) in [6, 6.07) is 8.01. The van der Waals surface area contributed by atoms with E-state index in [4.69, 9.17) is 10.7 Å². The summed E-state index contributed by atoms with van der Waals surface area (Å²) in [4.78, 5) is 19.8. The lowest BCUT2D eigenvalue weighted by Crippen LogP contribution is -2.40. The zero-order valence-corrected chi connectivity index (χ0v) is 18.5.